The molecule has 0 unspecified atom stereocenters. The monoisotopic (exact) mass is 437 g/mol. The van der Waals surface area contributed by atoms with Crippen LogP contribution < -0.4 is 5.32 Å². The molecule has 3 aromatic rings. The second kappa shape index (κ2) is 8.11. The predicted molar refractivity (Wildman–Crippen MR) is 119 cm³/mol. The number of carbonyl (C=O) groups is 2. The summed E-state index contributed by atoms with van der Waals surface area (Å²) in [6, 6.07) is 9.76. The van der Waals surface area contributed by atoms with E-state index in [1.54, 1.807) is 29.4 Å². The van der Waals surface area contributed by atoms with Crippen LogP contribution >= 0.6 is 0 Å². The van der Waals surface area contributed by atoms with Crippen molar-refractivity contribution < 1.29 is 18.4 Å². The number of hydrogen-bond acceptors (Lipinski definition) is 3. The van der Waals surface area contributed by atoms with Gasteiger partial charge in [-0.1, -0.05) is 37.8 Å². The molecule has 3 heterocycles. The first kappa shape index (κ1) is 20.8. The Morgan fingerprint density at radius 2 is 1.88 bits per heavy atom. The Hall–Kier alpha value is -3.09. The van der Waals surface area contributed by atoms with Gasteiger partial charge >= 0.3 is 0 Å². The van der Waals surface area contributed by atoms with Crippen LogP contribution in [0.1, 0.15) is 61.5 Å². The molecule has 2 aliphatic rings. The van der Waals surface area contributed by atoms with E-state index in [9.17, 15) is 14.0 Å². The highest BCUT2D eigenvalue weighted by molar-refractivity contribution is 6.02. The van der Waals surface area contributed by atoms with Crippen LogP contribution in [0, 0.1) is 5.82 Å². The maximum Gasteiger partial charge on any atom is 0.271 e. The average molecular weight is 438 g/mol. The van der Waals surface area contributed by atoms with Crippen LogP contribution in [0.4, 0.5) is 4.39 Å². The van der Waals surface area contributed by atoms with Gasteiger partial charge in [-0.3, -0.25) is 9.59 Å². The molecule has 1 atom stereocenters. The van der Waals surface area contributed by atoms with Gasteiger partial charge in [0.25, 0.3) is 5.91 Å². The van der Waals surface area contributed by atoms with Crippen LogP contribution in [0.2, 0.25) is 0 Å². The zero-order valence-electron chi connectivity index (χ0n) is 18.3. The molecule has 0 bridgehead atoms. The van der Waals surface area contributed by atoms with Crippen LogP contribution in [0.25, 0.3) is 11.1 Å². The minimum Gasteiger partial charge on any atom is -0.463 e. The van der Waals surface area contributed by atoms with Gasteiger partial charge < -0.3 is 19.2 Å². The Labute approximate surface area is 186 Å². The largest absolute Gasteiger partial charge is 0.463 e. The number of halogens is 1. The second-order valence-corrected chi connectivity index (χ2v) is 9.24. The Bertz CT molecular complexity index is 1140. The van der Waals surface area contributed by atoms with Gasteiger partial charge in [0.1, 0.15) is 17.1 Å². The van der Waals surface area contributed by atoms with Crippen LogP contribution in [0.3, 0.4) is 0 Å². The van der Waals surface area contributed by atoms with Gasteiger partial charge in [0.15, 0.2) is 5.58 Å². The summed E-state index contributed by atoms with van der Waals surface area (Å²) in [5.41, 5.74) is 1.62. The third-order valence-electron chi connectivity index (χ3n) is 6.98. The number of nitrogens with one attached hydrogen (secondary N) is 1. The van der Waals surface area contributed by atoms with Crippen molar-refractivity contribution in [3.8, 4) is 0 Å². The maximum atomic E-state index is 13.7. The van der Waals surface area contributed by atoms with Crippen LogP contribution in [-0.2, 0) is 17.9 Å². The van der Waals surface area contributed by atoms with Crippen molar-refractivity contribution in [2.45, 2.75) is 70.1 Å². The Balaban J connectivity index is 1.51. The van der Waals surface area contributed by atoms with Crippen molar-refractivity contribution in [1.29, 1.82) is 0 Å². The van der Waals surface area contributed by atoms with Gasteiger partial charge in [-0.25, -0.2) is 4.39 Å². The summed E-state index contributed by atoms with van der Waals surface area (Å²) in [6.07, 6.45) is 8.14. The molecule has 0 radical (unpaired) electrons. The summed E-state index contributed by atoms with van der Waals surface area (Å²) < 4.78 is 20.8. The SMILES string of the molecule is C[C@]1(C(=O)NC2CCCCCC2)Cn2c(cc3occc32)C(=O)N1Cc1ccc(F)cc1. The fourth-order valence-electron chi connectivity index (χ4n) is 5.06. The van der Waals surface area contributed by atoms with E-state index >= 15 is 0 Å². The van der Waals surface area contributed by atoms with Crippen LogP contribution in [0.15, 0.2) is 47.1 Å². The zero-order chi connectivity index (χ0) is 22.3. The number of carbonyl (C=O) groups excluding carboxylic acids is 2. The molecule has 0 spiro atoms. The third kappa shape index (κ3) is 3.59. The topological polar surface area (TPSA) is 67.5 Å². The highest BCUT2D eigenvalue weighted by Crippen LogP contribution is 2.34. The van der Waals surface area contributed by atoms with Gasteiger partial charge in [0, 0.05) is 24.7 Å². The minimum absolute atomic E-state index is 0.129. The Morgan fingerprint density at radius 1 is 1.16 bits per heavy atom. The number of amides is 2. The fraction of sp³-hybridized carbons (Fsp3) is 0.440. The quantitative estimate of drug-likeness (QED) is 0.606. The number of hydrogen-bond donors (Lipinski definition) is 1. The maximum absolute atomic E-state index is 13.7. The summed E-state index contributed by atoms with van der Waals surface area (Å²) in [5, 5.41) is 3.25. The van der Waals surface area contributed by atoms with E-state index in [1.807, 2.05) is 17.6 Å². The summed E-state index contributed by atoms with van der Waals surface area (Å²) in [6.45, 7) is 2.38. The van der Waals surface area contributed by atoms with E-state index in [-0.39, 0.29) is 30.2 Å². The van der Waals surface area contributed by atoms with E-state index in [4.69, 9.17) is 4.42 Å². The molecule has 32 heavy (non-hydrogen) atoms. The summed E-state index contributed by atoms with van der Waals surface area (Å²) >= 11 is 0. The molecular weight excluding hydrogens is 409 g/mol. The number of benzene rings is 1. The molecule has 1 fully saturated rings. The molecule has 0 saturated heterocycles. The number of furan rings is 1. The standard InChI is InChI=1S/C25H28FN3O3/c1-25(24(31)27-19-6-4-2-3-5-7-19)16-28-20-12-13-32-22(20)14-21(28)23(30)29(25)15-17-8-10-18(26)11-9-17/h8-14,19H,2-7,15-16H2,1H3,(H,27,31)/t25-/m1/s1. The molecule has 1 saturated carbocycles. The highest BCUT2D eigenvalue weighted by atomic mass is 19.1. The summed E-state index contributed by atoms with van der Waals surface area (Å²) in [7, 11) is 0. The molecule has 1 aliphatic carbocycles. The zero-order valence-corrected chi connectivity index (χ0v) is 18.3. The van der Waals surface area contributed by atoms with Gasteiger partial charge in [-0.05, 0) is 37.5 Å². The van der Waals surface area contributed by atoms with Crippen molar-refractivity contribution in [3.63, 3.8) is 0 Å². The van der Waals surface area contributed by atoms with E-state index in [0.29, 0.717) is 17.8 Å². The average Bonchev–Trinajstić information content (AvgIpc) is 3.27. The van der Waals surface area contributed by atoms with Crippen LogP contribution in [0.5, 0.6) is 0 Å². The third-order valence-corrected chi connectivity index (χ3v) is 6.98. The lowest BCUT2D eigenvalue weighted by molar-refractivity contribution is -0.134. The molecule has 7 heteroatoms. The van der Waals surface area contributed by atoms with Crippen molar-refractivity contribution in [2.75, 3.05) is 0 Å². The first-order chi connectivity index (χ1) is 15.5. The van der Waals surface area contributed by atoms with Crippen LogP contribution in [-0.4, -0.2) is 32.9 Å². The number of rotatable bonds is 4. The van der Waals surface area contributed by atoms with Gasteiger partial charge in [0.05, 0.1) is 18.3 Å². The first-order valence-electron chi connectivity index (χ1n) is 11.4. The smallest absolute Gasteiger partial charge is 0.271 e. The molecule has 2 amide bonds. The van der Waals surface area contributed by atoms with Crippen molar-refractivity contribution in [2.24, 2.45) is 0 Å². The van der Waals surface area contributed by atoms with Gasteiger partial charge in [-0.2, -0.15) is 0 Å². The molecule has 1 N–H and O–H groups in total. The first-order valence-corrected chi connectivity index (χ1v) is 11.4. The highest BCUT2D eigenvalue weighted by Gasteiger charge is 2.48. The lowest BCUT2D eigenvalue weighted by atomic mass is 9.93. The second-order valence-electron chi connectivity index (χ2n) is 9.24. The number of fused-ring (bicyclic) bond motifs is 3. The van der Waals surface area contributed by atoms with Gasteiger partial charge in [0.2, 0.25) is 5.91 Å². The van der Waals surface area contributed by atoms with E-state index in [0.717, 1.165) is 36.8 Å². The van der Waals surface area contributed by atoms with E-state index < -0.39 is 5.54 Å². The molecule has 1 aromatic carbocycles. The lowest BCUT2D eigenvalue weighted by Crippen LogP contribution is -2.64. The Morgan fingerprint density at radius 3 is 2.59 bits per heavy atom. The molecule has 168 valence electrons. The van der Waals surface area contributed by atoms with Crippen molar-refractivity contribution in [1.82, 2.24) is 14.8 Å². The lowest BCUT2D eigenvalue weighted by Gasteiger charge is -2.44. The molecule has 5 rings (SSSR count). The molecular formula is C25H28FN3O3. The minimum atomic E-state index is -1.09. The van der Waals surface area contributed by atoms with E-state index in [2.05, 4.69) is 5.32 Å². The van der Waals surface area contributed by atoms with Crippen molar-refractivity contribution >= 4 is 22.9 Å². The predicted octanol–water partition coefficient (Wildman–Crippen LogP) is 4.63. The summed E-state index contributed by atoms with van der Waals surface area (Å²) in [4.78, 5) is 29.0. The molecule has 6 nitrogen and oxygen atoms in total. The number of nitrogens with zero attached hydrogens (tertiary/aromatic N) is 2. The van der Waals surface area contributed by atoms with E-state index in [1.165, 1.54) is 25.0 Å². The normalized spacial score (nSPS) is 22.1. The van der Waals surface area contributed by atoms with Crippen molar-refractivity contribution in [3.05, 3.63) is 59.7 Å². The fourth-order valence-corrected chi connectivity index (χ4v) is 5.06. The number of aromatic nitrogens is 1. The van der Waals surface area contributed by atoms with Gasteiger partial charge in [-0.15, -0.1) is 0 Å². The Kier molecular flexibility index (Phi) is 5.27. The molecule has 1 aliphatic heterocycles. The summed E-state index contributed by atoms with van der Waals surface area (Å²) in [5.74, 6) is -0.705. The molecule has 2 aromatic heterocycles.